The number of unbranched alkanes of at least 4 members (excludes halogenated alkanes) is 1. The Morgan fingerprint density at radius 1 is 0.483 bits per heavy atom. The Labute approximate surface area is 380 Å². The van der Waals surface area contributed by atoms with Crippen molar-refractivity contribution in [2.24, 2.45) is 29.6 Å². The number of hydrogen-bond acceptors (Lipinski definition) is 9. The summed E-state index contributed by atoms with van der Waals surface area (Å²) in [7, 11) is -6.53. The molecule has 60 heavy (non-hydrogen) atoms. The Hall–Kier alpha value is -0.229. The lowest BCUT2D eigenvalue weighted by molar-refractivity contribution is 0.0669. The van der Waals surface area contributed by atoms with Gasteiger partial charge in [0.2, 0.25) is 0 Å². The second-order valence-electron chi connectivity index (χ2n) is 16.7. The van der Waals surface area contributed by atoms with Crippen LogP contribution < -0.4 is 0 Å². The predicted molar refractivity (Wildman–Crippen MR) is 268 cm³/mol. The van der Waals surface area contributed by atoms with Crippen molar-refractivity contribution in [3.05, 3.63) is 24.8 Å². The molecule has 1 atom stereocenters. The first-order chi connectivity index (χ1) is 28.3. The molecule has 0 amide bonds. The van der Waals surface area contributed by atoms with Crippen LogP contribution in [0, 0.1) is 29.6 Å². The normalized spacial score (nSPS) is 12.0. The van der Waals surface area contributed by atoms with Crippen molar-refractivity contribution < 1.29 is 39.8 Å². The quantitative estimate of drug-likeness (QED) is 0.0356. The molecule has 1 unspecified atom stereocenters. The first-order valence-electron chi connectivity index (χ1n) is 24.3. The van der Waals surface area contributed by atoms with Crippen LogP contribution in [0.1, 0.15) is 189 Å². The van der Waals surface area contributed by atoms with Gasteiger partial charge in [0.25, 0.3) is 0 Å². The summed E-state index contributed by atoms with van der Waals surface area (Å²) in [4.78, 5) is 0. The Kier molecular flexibility index (Phi) is 57.1. The van der Waals surface area contributed by atoms with Gasteiger partial charge in [0, 0.05) is 71.6 Å². The van der Waals surface area contributed by atoms with Crippen molar-refractivity contribution >= 4 is 27.1 Å². The summed E-state index contributed by atoms with van der Waals surface area (Å²) in [5.74, 6) is 3.79. The third kappa shape index (κ3) is 52.1. The van der Waals surface area contributed by atoms with Crippen LogP contribution in [0.2, 0.25) is 12.1 Å². The highest BCUT2D eigenvalue weighted by molar-refractivity contribution is 6.61. The van der Waals surface area contributed by atoms with Gasteiger partial charge < -0.3 is 39.8 Å². The van der Waals surface area contributed by atoms with E-state index in [2.05, 4.69) is 82.4 Å². The van der Waals surface area contributed by atoms with E-state index < -0.39 is 27.1 Å². The average Bonchev–Trinajstić information content (AvgIpc) is 3.16. The predicted octanol–water partition coefficient (Wildman–Crippen LogP) is 14.4. The molecule has 0 spiro atoms. The fourth-order valence-electron chi connectivity index (χ4n) is 5.54. The molecule has 0 rings (SSSR count). The highest BCUT2D eigenvalue weighted by atomic mass is 28.4. The molecule has 366 valence electrons. The summed E-state index contributed by atoms with van der Waals surface area (Å²) >= 11 is 0. The highest BCUT2D eigenvalue weighted by Gasteiger charge is 2.42. The standard InChI is InChI=1S/C14H32O3Si.C13H30O3Si.C8H16.C7H14.C6H16O3Si/c1-7-15-18(16-8-2,17-9-3)12-14(6)11-10-13(4)5;1-6-14-17(15-7-2,16-8-3)12-10-9-11-13(4)5;1-7(2)5-6-8(3)4;1-4-5-6-7(2)3;1-4-7-10(8-5-2)9-6-3/h13-14H,7-12H2,1-6H3;13H,6-12H2,1-5H3;8H,1,5-6H2,2-4H3;4,7H,1,5-6H2,2-3H3;10H,4-6H2,1-3H3. The van der Waals surface area contributed by atoms with E-state index in [4.69, 9.17) is 39.8 Å². The van der Waals surface area contributed by atoms with E-state index in [1.807, 2.05) is 68.4 Å². The summed E-state index contributed by atoms with van der Waals surface area (Å²) in [6.07, 6.45) is 13.0. The van der Waals surface area contributed by atoms with E-state index in [1.54, 1.807) is 0 Å². The molecule has 0 radical (unpaired) electrons. The average molecular weight is 914 g/mol. The maximum atomic E-state index is 5.88. The molecule has 0 heterocycles. The molecule has 9 nitrogen and oxygen atoms in total. The molecular weight excluding hydrogens is 805 g/mol. The second-order valence-corrected chi connectivity index (χ2v) is 23.6. The molecule has 0 saturated heterocycles. The molecule has 0 aliphatic heterocycles. The SMILES string of the molecule is C=C(C)CCC(C)C.C=CCCC(C)C.CCO[SiH](OCC)OCC.CCO[Si](CC(C)CCC(C)C)(OCC)OCC.CCO[Si](CCCCC(C)C)(OCC)OCC. The molecule has 0 bridgehead atoms. The molecule has 0 aromatic heterocycles. The lowest BCUT2D eigenvalue weighted by atomic mass is 10.0. The van der Waals surface area contributed by atoms with Gasteiger partial charge in [0.15, 0.2) is 0 Å². The Morgan fingerprint density at radius 3 is 1.12 bits per heavy atom. The minimum atomic E-state index is -2.43. The molecule has 0 aromatic rings. The zero-order chi connectivity index (χ0) is 47.3. The molecule has 0 aromatic carbocycles. The van der Waals surface area contributed by atoms with Crippen LogP contribution >= 0.6 is 0 Å². The van der Waals surface area contributed by atoms with Gasteiger partial charge in [-0.15, -0.1) is 13.2 Å². The van der Waals surface area contributed by atoms with Crippen molar-refractivity contribution in [2.75, 3.05) is 59.5 Å². The molecule has 12 heteroatoms. The number of allylic oxidation sites excluding steroid dienone is 2. The van der Waals surface area contributed by atoms with Crippen LogP contribution in [0.15, 0.2) is 24.8 Å². The highest BCUT2D eigenvalue weighted by Crippen LogP contribution is 2.26. The van der Waals surface area contributed by atoms with Crippen molar-refractivity contribution in [1.29, 1.82) is 0 Å². The number of hydrogen-bond donors (Lipinski definition) is 0. The second kappa shape index (κ2) is 49.8. The van der Waals surface area contributed by atoms with Gasteiger partial charge in [-0.1, -0.05) is 99.6 Å². The van der Waals surface area contributed by atoms with E-state index in [9.17, 15) is 0 Å². The van der Waals surface area contributed by atoms with E-state index in [-0.39, 0.29) is 0 Å². The first kappa shape index (κ1) is 68.8. The maximum absolute atomic E-state index is 5.88. The van der Waals surface area contributed by atoms with Gasteiger partial charge in [-0.2, -0.15) is 0 Å². The fourth-order valence-corrected chi connectivity index (χ4v) is 12.3. The van der Waals surface area contributed by atoms with E-state index >= 15 is 0 Å². The summed E-state index contributed by atoms with van der Waals surface area (Å²) in [5.41, 5.74) is 1.30. The van der Waals surface area contributed by atoms with Crippen LogP contribution in [0.3, 0.4) is 0 Å². The first-order valence-corrected chi connectivity index (χ1v) is 29.5. The fraction of sp³-hybridized carbons (Fsp3) is 0.917. The van der Waals surface area contributed by atoms with Crippen LogP contribution in [-0.4, -0.2) is 86.6 Å². The molecule has 0 N–H and O–H groups in total. The molecule has 0 fully saturated rings. The molecule has 0 aliphatic rings. The Balaban J connectivity index is -0.000000221. The lowest BCUT2D eigenvalue weighted by Crippen LogP contribution is -2.47. The third-order valence-corrected chi connectivity index (χ3v) is 16.9. The van der Waals surface area contributed by atoms with Crippen molar-refractivity contribution in [3.63, 3.8) is 0 Å². The van der Waals surface area contributed by atoms with Crippen LogP contribution in [0.4, 0.5) is 0 Å². The largest absolute Gasteiger partial charge is 0.501 e. The van der Waals surface area contributed by atoms with E-state index in [0.717, 1.165) is 48.6 Å². The summed E-state index contributed by atoms with van der Waals surface area (Å²) in [6.45, 7) is 53.8. The van der Waals surface area contributed by atoms with Gasteiger partial charge in [-0.3, -0.25) is 0 Å². The minimum absolute atomic E-state index is 0.601. The van der Waals surface area contributed by atoms with Gasteiger partial charge in [-0.25, -0.2) is 0 Å². The van der Waals surface area contributed by atoms with Gasteiger partial charge in [-0.05, 0) is 131 Å². The molecular formula is C48H108O9Si3. The lowest BCUT2D eigenvalue weighted by Gasteiger charge is -2.30. The Morgan fingerprint density at radius 2 is 0.850 bits per heavy atom. The van der Waals surface area contributed by atoms with E-state index in [1.165, 1.54) is 50.5 Å². The summed E-state index contributed by atoms with van der Waals surface area (Å²) in [6, 6.07) is 1.89. The van der Waals surface area contributed by atoms with Crippen molar-refractivity contribution in [3.8, 4) is 0 Å². The van der Waals surface area contributed by atoms with Crippen molar-refractivity contribution in [2.45, 2.75) is 201 Å². The minimum Gasteiger partial charge on any atom is -0.376 e. The Bertz CT molecular complexity index is 815. The monoisotopic (exact) mass is 913 g/mol. The topological polar surface area (TPSA) is 83.1 Å². The number of rotatable bonds is 34. The smallest absolute Gasteiger partial charge is 0.376 e. The van der Waals surface area contributed by atoms with Crippen LogP contribution in [-0.2, 0) is 39.8 Å². The van der Waals surface area contributed by atoms with E-state index in [0.29, 0.717) is 65.4 Å². The summed E-state index contributed by atoms with van der Waals surface area (Å²) < 4.78 is 50.7. The maximum Gasteiger partial charge on any atom is 0.501 e. The van der Waals surface area contributed by atoms with Gasteiger partial charge in [0.1, 0.15) is 0 Å². The molecule has 0 aliphatic carbocycles. The van der Waals surface area contributed by atoms with Crippen molar-refractivity contribution in [1.82, 2.24) is 0 Å². The van der Waals surface area contributed by atoms with Gasteiger partial charge >= 0.3 is 27.1 Å². The zero-order valence-electron chi connectivity index (χ0n) is 43.8. The third-order valence-electron chi connectivity index (χ3n) is 8.54. The summed E-state index contributed by atoms with van der Waals surface area (Å²) in [5, 5.41) is 0. The van der Waals surface area contributed by atoms with Crippen LogP contribution in [0.5, 0.6) is 0 Å². The van der Waals surface area contributed by atoms with Crippen LogP contribution in [0.25, 0.3) is 0 Å². The van der Waals surface area contributed by atoms with Gasteiger partial charge in [0.05, 0.1) is 0 Å². The molecule has 0 saturated carbocycles. The zero-order valence-corrected chi connectivity index (χ0v) is 46.9.